The molecular weight excluding hydrogens is 344 g/mol. The molecule has 0 aliphatic rings. The molecule has 0 amide bonds. The van der Waals surface area contributed by atoms with Gasteiger partial charge in [-0.3, -0.25) is 5.41 Å². The average molecular weight is 371 g/mol. The van der Waals surface area contributed by atoms with Crippen molar-refractivity contribution < 1.29 is 4.74 Å². The Morgan fingerprint density at radius 1 is 1.00 bits per heavy atom. The second-order valence-corrected chi connectivity index (χ2v) is 7.02. The zero-order chi connectivity index (χ0) is 18.6. The van der Waals surface area contributed by atoms with Gasteiger partial charge >= 0.3 is 0 Å². The van der Waals surface area contributed by atoms with Gasteiger partial charge in [0.05, 0.1) is 18.0 Å². The minimum atomic E-state index is 0.148. The molecule has 0 aliphatic carbocycles. The summed E-state index contributed by atoms with van der Waals surface area (Å²) in [5.74, 6) is 1.59. The van der Waals surface area contributed by atoms with Crippen LogP contribution in [-0.2, 0) is 6.42 Å². The van der Waals surface area contributed by atoms with E-state index in [1.54, 1.807) is 0 Å². The van der Waals surface area contributed by atoms with E-state index in [9.17, 15) is 0 Å². The van der Waals surface area contributed by atoms with E-state index in [1.807, 2.05) is 36.4 Å². The second kappa shape index (κ2) is 11.3. The maximum Gasteiger partial charge on any atom is 0.151 e. The Morgan fingerprint density at radius 3 is 2.19 bits per heavy atom. The predicted molar refractivity (Wildman–Crippen MR) is 110 cm³/mol. The van der Waals surface area contributed by atoms with Crippen LogP contribution in [0.4, 0.5) is 11.4 Å². The van der Waals surface area contributed by atoms with Gasteiger partial charge in [-0.2, -0.15) is 10.2 Å². The third-order valence-corrected chi connectivity index (χ3v) is 4.49. The van der Waals surface area contributed by atoms with E-state index in [4.69, 9.17) is 15.9 Å². The van der Waals surface area contributed by atoms with Crippen molar-refractivity contribution in [3.05, 3.63) is 54.1 Å². The molecule has 6 heteroatoms. The molecule has 5 nitrogen and oxygen atoms in total. The van der Waals surface area contributed by atoms with Crippen LogP contribution < -0.4 is 10.5 Å². The van der Waals surface area contributed by atoms with Crippen LogP contribution in [0, 0.1) is 5.41 Å². The van der Waals surface area contributed by atoms with Gasteiger partial charge in [0.2, 0.25) is 0 Å². The smallest absolute Gasteiger partial charge is 0.151 e. The molecule has 0 atom stereocenters. The molecule has 0 spiro atoms. The summed E-state index contributed by atoms with van der Waals surface area (Å²) in [7, 11) is 0. The van der Waals surface area contributed by atoms with E-state index >= 15 is 0 Å². The zero-order valence-corrected chi connectivity index (χ0v) is 16.0. The van der Waals surface area contributed by atoms with E-state index < -0.39 is 0 Å². The number of hydrogen-bond acceptors (Lipinski definition) is 5. The van der Waals surface area contributed by atoms with Crippen molar-refractivity contribution in [2.24, 2.45) is 16.0 Å². The third-order valence-electron chi connectivity index (χ3n) is 3.69. The third kappa shape index (κ3) is 7.70. The van der Waals surface area contributed by atoms with Gasteiger partial charge in [0.15, 0.2) is 5.17 Å². The SMILES string of the molecule is CCCCc1ccc(N=Nc2ccc(OCCCSC(=N)N)cc2)cc1. The molecule has 2 aromatic carbocycles. The Labute approximate surface area is 159 Å². The van der Waals surface area contributed by atoms with Crippen molar-refractivity contribution in [3.8, 4) is 5.75 Å². The summed E-state index contributed by atoms with van der Waals surface area (Å²) >= 11 is 1.33. The number of nitrogens with two attached hydrogens (primary N) is 1. The molecule has 2 aromatic rings. The lowest BCUT2D eigenvalue weighted by molar-refractivity contribution is 0.319. The molecule has 0 aliphatic heterocycles. The van der Waals surface area contributed by atoms with Crippen molar-refractivity contribution in [1.82, 2.24) is 0 Å². The number of unbranched alkanes of at least 4 members (excludes halogenated alkanes) is 1. The van der Waals surface area contributed by atoms with Crippen LogP contribution >= 0.6 is 11.8 Å². The molecule has 0 saturated carbocycles. The summed E-state index contributed by atoms with van der Waals surface area (Å²) in [4.78, 5) is 0. The summed E-state index contributed by atoms with van der Waals surface area (Å²) in [5, 5.41) is 15.8. The maximum absolute atomic E-state index is 7.14. The van der Waals surface area contributed by atoms with Gasteiger partial charge in [0.1, 0.15) is 5.75 Å². The number of benzene rings is 2. The maximum atomic E-state index is 7.14. The number of ether oxygens (including phenoxy) is 1. The van der Waals surface area contributed by atoms with E-state index in [0.717, 1.165) is 35.7 Å². The molecular formula is C20H26N4OS. The van der Waals surface area contributed by atoms with Crippen LogP contribution in [-0.4, -0.2) is 17.5 Å². The Kier molecular flexibility index (Phi) is 8.69. The summed E-state index contributed by atoms with van der Waals surface area (Å²) in [6.07, 6.45) is 4.38. The number of rotatable bonds is 10. The number of nitrogens with zero attached hydrogens (tertiary/aromatic N) is 2. The van der Waals surface area contributed by atoms with Gasteiger partial charge in [-0.1, -0.05) is 37.2 Å². The molecule has 138 valence electrons. The van der Waals surface area contributed by atoms with E-state index in [0.29, 0.717) is 6.61 Å². The zero-order valence-electron chi connectivity index (χ0n) is 15.1. The number of thioether (sulfide) groups is 1. The van der Waals surface area contributed by atoms with Crippen molar-refractivity contribution in [2.75, 3.05) is 12.4 Å². The van der Waals surface area contributed by atoms with Crippen LogP contribution in [0.2, 0.25) is 0 Å². The number of hydrogen-bond donors (Lipinski definition) is 2. The summed E-state index contributed by atoms with van der Waals surface area (Å²) in [6.45, 7) is 2.80. The van der Waals surface area contributed by atoms with Crippen molar-refractivity contribution in [2.45, 2.75) is 32.6 Å². The standard InChI is InChI=1S/C20H26N4OS/c1-2-3-5-16-6-8-17(9-7-16)23-24-18-10-12-19(13-11-18)25-14-4-15-26-20(21)22/h6-13H,2-5,14-15H2,1H3,(H3,21,22). The van der Waals surface area contributed by atoms with Crippen LogP contribution in [0.1, 0.15) is 31.7 Å². The minimum absolute atomic E-state index is 0.148. The quantitative estimate of drug-likeness (QED) is 0.238. The molecule has 2 rings (SSSR count). The normalized spacial score (nSPS) is 11.0. The topological polar surface area (TPSA) is 83.8 Å². The van der Waals surface area contributed by atoms with E-state index in [-0.39, 0.29) is 5.17 Å². The van der Waals surface area contributed by atoms with Crippen molar-refractivity contribution >= 4 is 28.3 Å². The highest BCUT2D eigenvalue weighted by atomic mass is 32.2. The van der Waals surface area contributed by atoms with Crippen LogP contribution in [0.3, 0.4) is 0 Å². The molecule has 0 radical (unpaired) electrons. The second-order valence-electron chi connectivity index (χ2n) is 5.88. The van der Waals surface area contributed by atoms with Crippen molar-refractivity contribution in [3.63, 3.8) is 0 Å². The molecule has 0 unspecified atom stereocenters. The molecule has 0 heterocycles. The van der Waals surface area contributed by atoms with Gasteiger partial charge in [0, 0.05) is 5.75 Å². The molecule has 0 bridgehead atoms. The lowest BCUT2D eigenvalue weighted by atomic mass is 10.1. The molecule has 3 N–H and O–H groups in total. The number of azo groups is 1. The Balaban J connectivity index is 1.78. The van der Waals surface area contributed by atoms with Crippen LogP contribution in [0.15, 0.2) is 58.8 Å². The monoisotopic (exact) mass is 370 g/mol. The number of amidine groups is 1. The van der Waals surface area contributed by atoms with Gasteiger partial charge in [0.25, 0.3) is 0 Å². The van der Waals surface area contributed by atoms with E-state index in [1.165, 1.54) is 30.2 Å². The fourth-order valence-electron chi connectivity index (χ4n) is 2.27. The van der Waals surface area contributed by atoms with Gasteiger partial charge in [-0.25, -0.2) is 0 Å². The lowest BCUT2D eigenvalue weighted by Gasteiger charge is -2.05. The number of nitrogens with one attached hydrogen (secondary N) is 1. The summed E-state index contributed by atoms with van der Waals surface area (Å²) < 4.78 is 5.65. The van der Waals surface area contributed by atoms with Crippen LogP contribution in [0.5, 0.6) is 5.75 Å². The highest BCUT2D eigenvalue weighted by Crippen LogP contribution is 2.22. The van der Waals surface area contributed by atoms with Gasteiger partial charge in [-0.15, -0.1) is 0 Å². The summed E-state index contributed by atoms with van der Waals surface area (Å²) in [6, 6.07) is 15.8. The molecule has 26 heavy (non-hydrogen) atoms. The first-order valence-electron chi connectivity index (χ1n) is 8.87. The predicted octanol–water partition coefficient (Wildman–Crippen LogP) is 5.84. The average Bonchev–Trinajstić information content (AvgIpc) is 2.66. The lowest BCUT2D eigenvalue weighted by Crippen LogP contribution is -2.06. The highest BCUT2D eigenvalue weighted by molar-refractivity contribution is 8.13. The van der Waals surface area contributed by atoms with E-state index in [2.05, 4.69) is 29.3 Å². The van der Waals surface area contributed by atoms with Crippen molar-refractivity contribution in [1.29, 1.82) is 5.41 Å². The Hall–Kier alpha value is -2.34. The largest absolute Gasteiger partial charge is 0.494 e. The minimum Gasteiger partial charge on any atom is -0.494 e. The molecule has 0 saturated heterocycles. The number of aryl methyl sites for hydroxylation is 1. The Morgan fingerprint density at radius 2 is 1.62 bits per heavy atom. The highest BCUT2D eigenvalue weighted by Gasteiger charge is 1.97. The fraction of sp³-hybridized carbons (Fsp3) is 0.350. The molecule has 0 fully saturated rings. The first-order valence-corrected chi connectivity index (χ1v) is 9.86. The van der Waals surface area contributed by atoms with Gasteiger partial charge in [-0.05, 0) is 61.2 Å². The first-order chi connectivity index (χ1) is 12.7. The molecule has 0 aromatic heterocycles. The summed E-state index contributed by atoms with van der Waals surface area (Å²) in [5.41, 5.74) is 8.27. The Bertz CT molecular complexity index is 699. The van der Waals surface area contributed by atoms with Gasteiger partial charge < -0.3 is 10.5 Å². The van der Waals surface area contributed by atoms with Crippen LogP contribution in [0.25, 0.3) is 0 Å². The fourth-order valence-corrected chi connectivity index (χ4v) is 2.75. The first kappa shape index (κ1) is 20.0.